The number of anilines is 1. The number of carboxylic acid groups (broad SMARTS) is 1. The van der Waals surface area contributed by atoms with E-state index >= 15 is 0 Å². The van der Waals surface area contributed by atoms with E-state index in [0.29, 0.717) is 5.02 Å². The average molecular weight is 326 g/mol. The summed E-state index contributed by atoms with van der Waals surface area (Å²) in [6.45, 7) is 2.14. The number of rotatable bonds is 4. The van der Waals surface area contributed by atoms with Crippen LogP contribution in [0.1, 0.15) is 21.1 Å². The number of hydrogen-bond acceptors (Lipinski definition) is 4. The molecule has 110 valence electrons. The van der Waals surface area contributed by atoms with Crippen molar-refractivity contribution >= 4 is 40.6 Å². The van der Waals surface area contributed by atoms with E-state index in [2.05, 4.69) is 15.6 Å². The summed E-state index contributed by atoms with van der Waals surface area (Å²) in [5, 5.41) is 17.2. The number of aromatic carboxylic acids is 1. The molecule has 0 saturated heterocycles. The number of aryl methyl sites for hydroxylation is 1. The molecule has 0 aliphatic heterocycles. The minimum Gasteiger partial charge on any atom is -0.478 e. The van der Waals surface area contributed by atoms with Gasteiger partial charge in [-0.3, -0.25) is 0 Å². The lowest BCUT2D eigenvalue weighted by atomic mass is 10.2. The summed E-state index contributed by atoms with van der Waals surface area (Å²) in [5.41, 5.74) is 0.859. The molecule has 3 N–H and O–H groups in total. The Labute approximate surface area is 129 Å². The molecule has 6 nitrogen and oxygen atoms in total. The fourth-order valence-corrected chi connectivity index (χ4v) is 2.42. The number of carboxylic acids is 1. The number of benzene rings is 1. The zero-order valence-electron chi connectivity index (χ0n) is 11.0. The number of aromatic nitrogens is 1. The second-order valence-corrected chi connectivity index (χ2v) is 5.66. The molecular formula is C13H12ClN3O3S. The molecule has 1 aromatic heterocycles. The van der Waals surface area contributed by atoms with Gasteiger partial charge in [-0.25, -0.2) is 14.6 Å². The fraction of sp³-hybridized carbons (Fsp3) is 0.154. The van der Waals surface area contributed by atoms with Crippen molar-refractivity contribution in [3.8, 4) is 0 Å². The van der Waals surface area contributed by atoms with E-state index in [1.807, 2.05) is 12.3 Å². The van der Waals surface area contributed by atoms with Crippen molar-refractivity contribution in [3.63, 3.8) is 0 Å². The number of carbonyl (C=O) groups is 2. The van der Waals surface area contributed by atoms with Gasteiger partial charge in [-0.15, -0.1) is 11.3 Å². The van der Waals surface area contributed by atoms with E-state index in [1.54, 1.807) is 0 Å². The molecule has 21 heavy (non-hydrogen) atoms. The maximum absolute atomic E-state index is 11.8. The van der Waals surface area contributed by atoms with Gasteiger partial charge < -0.3 is 15.7 Å². The highest BCUT2D eigenvalue weighted by atomic mass is 35.5. The van der Waals surface area contributed by atoms with Gasteiger partial charge in [0.25, 0.3) is 0 Å². The molecule has 0 aliphatic carbocycles. The number of amides is 2. The molecule has 2 rings (SSSR count). The second-order valence-electron chi connectivity index (χ2n) is 4.16. The summed E-state index contributed by atoms with van der Waals surface area (Å²) in [5.74, 6) is -1.14. The normalized spacial score (nSPS) is 10.2. The smallest absolute Gasteiger partial charge is 0.337 e. The summed E-state index contributed by atoms with van der Waals surface area (Å²) >= 11 is 7.30. The summed E-state index contributed by atoms with van der Waals surface area (Å²) < 4.78 is 0. The van der Waals surface area contributed by atoms with Crippen LogP contribution in [0.4, 0.5) is 10.5 Å². The molecule has 0 aliphatic rings. The Morgan fingerprint density at radius 2 is 2.19 bits per heavy atom. The van der Waals surface area contributed by atoms with Gasteiger partial charge in [0.1, 0.15) is 0 Å². The van der Waals surface area contributed by atoms with Gasteiger partial charge in [-0.05, 0) is 25.1 Å². The number of thiazole rings is 1. The maximum atomic E-state index is 11.8. The summed E-state index contributed by atoms with van der Waals surface area (Å²) in [6, 6.07) is 3.65. The lowest BCUT2D eigenvalue weighted by molar-refractivity contribution is 0.0698. The van der Waals surface area contributed by atoms with Crippen molar-refractivity contribution in [1.82, 2.24) is 10.3 Å². The Kier molecular flexibility index (Phi) is 4.77. The predicted molar refractivity (Wildman–Crippen MR) is 81.1 cm³/mol. The van der Waals surface area contributed by atoms with Crippen LogP contribution in [0.2, 0.25) is 5.02 Å². The van der Waals surface area contributed by atoms with E-state index in [1.165, 1.54) is 29.5 Å². The summed E-state index contributed by atoms with van der Waals surface area (Å²) in [7, 11) is 0. The predicted octanol–water partition coefficient (Wildman–Crippen LogP) is 3.12. The third-order valence-electron chi connectivity index (χ3n) is 2.56. The molecule has 8 heteroatoms. The van der Waals surface area contributed by atoms with Crippen LogP contribution in [-0.4, -0.2) is 22.1 Å². The third-order valence-corrected chi connectivity index (χ3v) is 3.61. The number of nitrogens with one attached hydrogen (secondary N) is 2. The molecule has 0 fully saturated rings. The quantitative estimate of drug-likeness (QED) is 0.805. The first-order valence-corrected chi connectivity index (χ1v) is 7.20. The molecule has 1 aromatic carbocycles. The number of urea groups is 1. The Bertz CT molecular complexity index is 687. The van der Waals surface area contributed by atoms with E-state index in [4.69, 9.17) is 16.7 Å². The van der Waals surface area contributed by atoms with Gasteiger partial charge >= 0.3 is 12.0 Å². The van der Waals surface area contributed by atoms with Crippen molar-refractivity contribution < 1.29 is 14.7 Å². The van der Waals surface area contributed by atoms with Crippen molar-refractivity contribution in [3.05, 3.63) is 44.9 Å². The number of carbonyl (C=O) groups excluding carboxylic acids is 1. The fourth-order valence-electron chi connectivity index (χ4n) is 1.63. The van der Waals surface area contributed by atoms with Crippen LogP contribution < -0.4 is 10.6 Å². The highest BCUT2D eigenvalue weighted by Crippen LogP contribution is 2.21. The highest BCUT2D eigenvalue weighted by molar-refractivity contribution is 7.09. The van der Waals surface area contributed by atoms with E-state index in [-0.39, 0.29) is 17.8 Å². The zero-order valence-corrected chi connectivity index (χ0v) is 12.6. The van der Waals surface area contributed by atoms with E-state index in [9.17, 15) is 9.59 Å². The first-order valence-electron chi connectivity index (χ1n) is 5.94. The lowest BCUT2D eigenvalue weighted by Crippen LogP contribution is -2.29. The van der Waals surface area contributed by atoms with Gasteiger partial charge in [0.2, 0.25) is 0 Å². The van der Waals surface area contributed by atoms with Gasteiger partial charge in [0, 0.05) is 10.4 Å². The lowest BCUT2D eigenvalue weighted by Gasteiger charge is -2.09. The van der Waals surface area contributed by atoms with Crippen molar-refractivity contribution in [2.45, 2.75) is 13.5 Å². The minimum atomic E-state index is -1.14. The highest BCUT2D eigenvalue weighted by Gasteiger charge is 2.13. The molecular weight excluding hydrogens is 314 g/mol. The molecule has 2 amide bonds. The maximum Gasteiger partial charge on any atom is 0.337 e. The first-order chi connectivity index (χ1) is 9.95. The second kappa shape index (κ2) is 6.55. The van der Waals surface area contributed by atoms with Gasteiger partial charge in [0.15, 0.2) is 0 Å². The average Bonchev–Trinajstić information content (AvgIpc) is 2.82. The van der Waals surface area contributed by atoms with Crippen LogP contribution >= 0.6 is 22.9 Å². The Hall–Kier alpha value is -2.12. The SMILES string of the molecule is Cc1nc(CNC(=O)Nc2cc(Cl)ccc2C(=O)O)cs1. The van der Waals surface area contributed by atoms with Gasteiger partial charge in [-0.2, -0.15) is 0 Å². The van der Waals surface area contributed by atoms with E-state index < -0.39 is 12.0 Å². The van der Waals surface area contributed by atoms with Crippen LogP contribution in [0, 0.1) is 6.92 Å². The monoisotopic (exact) mass is 325 g/mol. The molecule has 0 bridgehead atoms. The largest absolute Gasteiger partial charge is 0.478 e. The summed E-state index contributed by atoms with van der Waals surface area (Å²) in [6.07, 6.45) is 0. The van der Waals surface area contributed by atoms with Crippen LogP contribution in [-0.2, 0) is 6.54 Å². The Balaban J connectivity index is 2.02. The Morgan fingerprint density at radius 1 is 1.43 bits per heavy atom. The molecule has 0 unspecified atom stereocenters. The van der Waals surface area contributed by atoms with Gasteiger partial charge in [-0.1, -0.05) is 11.6 Å². The third kappa shape index (κ3) is 4.17. The van der Waals surface area contributed by atoms with Crippen molar-refractivity contribution in [1.29, 1.82) is 0 Å². The summed E-state index contributed by atoms with van der Waals surface area (Å²) in [4.78, 5) is 27.1. The van der Waals surface area contributed by atoms with Crippen LogP contribution in [0.5, 0.6) is 0 Å². The van der Waals surface area contributed by atoms with Crippen LogP contribution in [0.25, 0.3) is 0 Å². The molecule has 0 atom stereocenters. The molecule has 0 saturated carbocycles. The number of halogens is 1. The molecule has 1 heterocycles. The van der Waals surface area contributed by atoms with Crippen molar-refractivity contribution in [2.24, 2.45) is 0 Å². The molecule has 0 spiro atoms. The minimum absolute atomic E-state index is 0.0287. The Morgan fingerprint density at radius 3 is 2.81 bits per heavy atom. The van der Waals surface area contributed by atoms with Crippen LogP contribution in [0.15, 0.2) is 23.6 Å². The molecule has 0 radical (unpaired) electrons. The number of hydrogen-bond donors (Lipinski definition) is 3. The standard InChI is InChI=1S/C13H12ClN3O3S/c1-7-16-9(6-21-7)5-15-13(20)17-11-4-8(14)2-3-10(11)12(18)19/h2-4,6H,5H2,1H3,(H,18,19)(H2,15,17,20). The first kappa shape index (κ1) is 15.3. The molecule has 2 aromatic rings. The number of nitrogens with zero attached hydrogens (tertiary/aromatic N) is 1. The van der Waals surface area contributed by atoms with E-state index in [0.717, 1.165) is 10.7 Å². The van der Waals surface area contributed by atoms with Crippen molar-refractivity contribution in [2.75, 3.05) is 5.32 Å². The zero-order chi connectivity index (χ0) is 15.4. The topological polar surface area (TPSA) is 91.3 Å². The van der Waals surface area contributed by atoms with Crippen LogP contribution in [0.3, 0.4) is 0 Å². The van der Waals surface area contributed by atoms with Gasteiger partial charge in [0.05, 0.1) is 28.5 Å².